The molecule has 0 heterocycles. The van der Waals surface area contributed by atoms with Gasteiger partial charge in [0.1, 0.15) is 5.75 Å². The van der Waals surface area contributed by atoms with Gasteiger partial charge in [-0.15, -0.1) is 0 Å². The van der Waals surface area contributed by atoms with E-state index in [0.717, 1.165) is 23.8 Å². The SMILES string of the molecule is CCCc1ccccc1OC(=S)N(C1CCCCC1)C1CCCCC1. The maximum absolute atomic E-state index is 6.32. The second-order valence-corrected chi connectivity index (χ2v) is 8.07. The van der Waals surface area contributed by atoms with Gasteiger partial charge in [-0.25, -0.2) is 0 Å². The molecule has 0 amide bonds. The molecule has 1 aromatic rings. The molecule has 0 spiro atoms. The first kappa shape index (κ1) is 18.7. The summed E-state index contributed by atoms with van der Waals surface area (Å²) in [5.41, 5.74) is 1.28. The topological polar surface area (TPSA) is 12.5 Å². The highest BCUT2D eigenvalue weighted by Crippen LogP contribution is 2.31. The molecule has 0 unspecified atom stereocenters. The van der Waals surface area contributed by atoms with E-state index >= 15 is 0 Å². The minimum atomic E-state index is 0.586. The Morgan fingerprint density at radius 1 is 0.960 bits per heavy atom. The monoisotopic (exact) mass is 359 g/mol. The number of ether oxygens (including phenoxy) is 1. The van der Waals surface area contributed by atoms with Gasteiger partial charge in [0, 0.05) is 12.1 Å². The zero-order valence-electron chi connectivity index (χ0n) is 15.7. The Kier molecular flexibility index (Phi) is 7.15. The molecule has 25 heavy (non-hydrogen) atoms. The second-order valence-electron chi connectivity index (χ2n) is 7.72. The fraction of sp³-hybridized carbons (Fsp3) is 0.682. The largest absolute Gasteiger partial charge is 0.431 e. The van der Waals surface area contributed by atoms with Gasteiger partial charge in [-0.05, 0) is 56.0 Å². The summed E-state index contributed by atoms with van der Waals surface area (Å²) in [6.45, 7) is 2.21. The summed E-state index contributed by atoms with van der Waals surface area (Å²) in [4.78, 5) is 2.51. The average Bonchev–Trinajstić information content (AvgIpc) is 2.65. The van der Waals surface area contributed by atoms with Crippen LogP contribution in [-0.4, -0.2) is 22.2 Å². The van der Waals surface area contributed by atoms with E-state index in [2.05, 4.69) is 36.1 Å². The molecule has 0 bridgehead atoms. The summed E-state index contributed by atoms with van der Waals surface area (Å²) in [5, 5.41) is 0.724. The maximum Gasteiger partial charge on any atom is 0.265 e. The maximum atomic E-state index is 6.32. The Morgan fingerprint density at radius 2 is 1.52 bits per heavy atom. The van der Waals surface area contributed by atoms with Gasteiger partial charge < -0.3 is 9.64 Å². The van der Waals surface area contributed by atoms with Gasteiger partial charge in [-0.3, -0.25) is 0 Å². The fourth-order valence-corrected chi connectivity index (χ4v) is 4.93. The Balaban J connectivity index is 1.76. The first-order valence-corrected chi connectivity index (χ1v) is 10.8. The lowest BCUT2D eigenvalue weighted by Gasteiger charge is -2.42. The number of hydrogen-bond donors (Lipinski definition) is 0. The zero-order chi connectivity index (χ0) is 17.5. The van der Waals surface area contributed by atoms with Crippen molar-refractivity contribution in [3.63, 3.8) is 0 Å². The van der Waals surface area contributed by atoms with Crippen LogP contribution in [0, 0.1) is 0 Å². The van der Waals surface area contributed by atoms with Gasteiger partial charge in [0.15, 0.2) is 0 Å². The van der Waals surface area contributed by atoms with Gasteiger partial charge >= 0.3 is 0 Å². The van der Waals surface area contributed by atoms with E-state index < -0.39 is 0 Å². The van der Waals surface area contributed by atoms with Gasteiger partial charge in [0.25, 0.3) is 5.17 Å². The van der Waals surface area contributed by atoms with E-state index in [1.54, 1.807) is 0 Å². The molecule has 2 nitrogen and oxygen atoms in total. The number of benzene rings is 1. The minimum Gasteiger partial charge on any atom is -0.431 e. The second kappa shape index (κ2) is 9.56. The highest BCUT2D eigenvalue weighted by atomic mass is 32.1. The van der Waals surface area contributed by atoms with Gasteiger partial charge in [-0.1, -0.05) is 70.1 Å². The van der Waals surface area contributed by atoms with Gasteiger partial charge in [0.2, 0.25) is 0 Å². The van der Waals surface area contributed by atoms with Crippen molar-refractivity contribution in [3.8, 4) is 5.75 Å². The molecule has 2 fully saturated rings. The molecule has 0 radical (unpaired) electrons. The molecule has 3 rings (SSSR count). The standard InChI is InChI=1S/C22H33NOS/c1-2-11-18-12-9-10-17-21(18)24-22(25)23(19-13-5-3-6-14-19)20-15-7-4-8-16-20/h9-10,12,17,19-20H,2-8,11,13-16H2,1H3. The Bertz CT molecular complexity index is 529. The molecular formula is C22H33NOS. The number of nitrogens with zero attached hydrogens (tertiary/aromatic N) is 1. The quantitative estimate of drug-likeness (QED) is 0.575. The van der Waals surface area contributed by atoms with Crippen LogP contribution in [0.3, 0.4) is 0 Å². The van der Waals surface area contributed by atoms with Crippen LogP contribution >= 0.6 is 12.2 Å². The summed E-state index contributed by atoms with van der Waals surface area (Å²) in [7, 11) is 0. The van der Waals surface area contributed by atoms with Gasteiger partial charge in [0.05, 0.1) is 0 Å². The number of rotatable bonds is 5. The highest BCUT2D eigenvalue weighted by Gasteiger charge is 2.31. The van der Waals surface area contributed by atoms with Crippen LogP contribution in [0.25, 0.3) is 0 Å². The average molecular weight is 360 g/mol. The van der Waals surface area contributed by atoms with E-state index in [1.165, 1.54) is 69.8 Å². The molecule has 3 heteroatoms. The zero-order valence-corrected chi connectivity index (χ0v) is 16.5. The third-order valence-electron chi connectivity index (χ3n) is 5.84. The van der Waals surface area contributed by atoms with Crippen molar-refractivity contribution in [3.05, 3.63) is 29.8 Å². The molecule has 0 aromatic heterocycles. The highest BCUT2D eigenvalue weighted by molar-refractivity contribution is 7.80. The summed E-state index contributed by atoms with van der Waals surface area (Å²) in [6.07, 6.45) is 15.4. The van der Waals surface area contributed by atoms with Crippen LogP contribution in [0.2, 0.25) is 0 Å². The summed E-state index contributed by atoms with van der Waals surface area (Å²) >= 11 is 5.87. The number of thiocarbonyl (C=S) groups is 1. The molecule has 2 aliphatic rings. The van der Waals surface area contributed by atoms with Crippen LogP contribution in [-0.2, 0) is 6.42 Å². The predicted octanol–water partition coefficient (Wildman–Crippen LogP) is 6.27. The first-order valence-electron chi connectivity index (χ1n) is 10.4. The third-order valence-corrected chi connectivity index (χ3v) is 6.13. The number of aryl methyl sites for hydroxylation is 1. The van der Waals surface area contributed by atoms with Crippen molar-refractivity contribution in [2.45, 2.75) is 96.1 Å². The van der Waals surface area contributed by atoms with Crippen molar-refractivity contribution in [1.29, 1.82) is 0 Å². The molecule has 0 atom stereocenters. The van der Waals surface area contributed by atoms with Crippen LogP contribution in [0.1, 0.15) is 83.1 Å². The van der Waals surface area contributed by atoms with Crippen molar-refractivity contribution in [1.82, 2.24) is 4.90 Å². The Labute approximate surface area is 158 Å². The summed E-state index contributed by atoms with van der Waals surface area (Å²) < 4.78 is 6.32. The number of hydrogen-bond acceptors (Lipinski definition) is 2. The van der Waals surface area contributed by atoms with Crippen LogP contribution in [0.15, 0.2) is 24.3 Å². The molecular weight excluding hydrogens is 326 g/mol. The number of para-hydroxylation sites is 1. The van der Waals surface area contributed by atoms with E-state index in [1.807, 2.05) is 0 Å². The van der Waals surface area contributed by atoms with Crippen molar-refractivity contribution in [2.75, 3.05) is 0 Å². The van der Waals surface area contributed by atoms with Crippen LogP contribution in [0.4, 0.5) is 0 Å². The fourth-order valence-electron chi connectivity index (χ4n) is 4.54. The van der Waals surface area contributed by atoms with Crippen molar-refractivity contribution < 1.29 is 4.74 Å². The molecule has 0 aliphatic heterocycles. The van der Waals surface area contributed by atoms with Crippen molar-refractivity contribution in [2.24, 2.45) is 0 Å². The van der Waals surface area contributed by atoms with Crippen LogP contribution in [0.5, 0.6) is 5.75 Å². The van der Waals surface area contributed by atoms with Crippen molar-refractivity contribution >= 4 is 17.4 Å². The molecule has 138 valence electrons. The Hall–Kier alpha value is -1.09. The summed E-state index contributed by atoms with van der Waals surface area (Å²) in [6, 6.07) is 9.58. The van der Waals surface area contributed by atoms with E-state index in [4.69, 9.17) is 17.0 Å². The molecule has 1 aromatic carbocycles. The lowest BCUT2D eigenvalue weighted by Crippen LogP contribution is -2.49. The molecule has 0 saturated heterocycles. The van der Waals surface area contributed by atoms with Gasteiger partial charge in [-0.2, -0.15) is 0 Å². The van der Waals surface area contributed by atoms with Crippen LogP contribution < -0.4 is 4.74 Å². The summed E-state index contributed by atoms with van der Waals surface area (Å²) in [5.74, 6) is 0.964. The van der Waals surface area contributed by atoms with E-state index in [9.17, 15) is 0 Å². The van der Waals surface area contributed by atoms with E-state index in [0.29, 0.717) is 12.1 Å². The predicted molar refractivity (Wildman–Crippen MR) is 109 cm³/mol. The molecule has 0 N–H and O–H groups in total. The smallest absolute Gasteiger partial charge is 0.265 e. The Morgan fingerprint density at radius 3 is 2.08 bits per heavy atom. The third kappa shape index (κ3) is 4.97. The lowest BCUT2D eigenvalue weighted by molar-refractivity contribution is 0.140. The van der Waals surface area contributed by atoms with E-state index in [-0.39, 0.29) is 0 Å². The molecule has 2 aliphatic carbocycles. The normalized spacial score (nSPS) is 19.6. The minimum absolute atomic E-state index is 0.586. The molecule has 2 saturated carbocycles. The first-order chi connectivity index (χ1) is 12.3. The lowest BCUT2D eigenvalue weighted by atomic mass is 9.89.